The lowest BCUT2D eigenvalue weighted by molar-refractivity contribution is -0.121. The summed E-state index contributed by atoms with van der Waals surface area (Å²) in [6.45, 7) is 7.08. The van der Waals surface area contributed by atoms with Gasteiger partial charge in [0.25, 0.3) is 0 Å². The van der Waals surface area contributed by atoms with Gasteiger partial charge in [0.15, 0.2) is 0 Å². The van der Waals surface area contributed by atoms with Crippen LogP contribution in [0.4, 0.5) is 5.69 Å². The Morgan fingerprint density at radius 2 is 2.33 bits per heavy atom. The van der Waals surface area contributed by atoms with Crippen LogP contribution in [0.1, 0.15) is 32.4 Å². The van der Waals surface area contributed by atoms with Crippen LogP contribution >= 0.6 is 0 Å². The maximum absolute atomic E-state index is 12.3. The van der Waals surface area contributed by atoms with E-state index < -0.39 is 0 Å². The summed E-state index contributed by atoms with van der Waals surface area (Å²) in [5.41, 5.74) is 1.64. The summed E-state index contributed by atoms with van der Waals surface area (Å²) in [5.74, 6) is 0.0378. The van der Waals surface area contributed by atoms with Gasteiger partial charge < -0.3 is 10.6 Å². The summed E-state index contributed by atoms with van der Waals surface area (Å²) < 4.78 is 1.71. The van der Waals surface area contributed by atoms with Gasteiger partial charge in [-0.05, 0) is 31.7 Å². The SMILES string of the molecule is Cc1nn(C)cc1NC(=O)C1NCCCC1(C)C. The number of piperidine rings is 1. The van der Waals surface area contributed by atoms with Crippen molar-refractivity contribution in [3.05, 3.63) is 11.9 Å². The highest BCUT2D eigenvalue weighted by molar-refractivity contribution is 5.95. The van der Waals surface area contributed by atoms with E-state index in [1.807, 2.05) is 20.2 Å². The van der Waals surface area contributed by atoms with Crippen LogP contribution in [0, 0.1) is 12.3 Å². The molecule has 18 heavy (non-hydrogen) atoms. The van der Waals surface area contributed by atoms with Gasteiger partial charge in [-0.25, -0.2) is 0 Å². The third kappa shape index (κ3) is 2.56. The first kappa shape index (κ1) is 13.1. The average Bonchev–Trinajstić information content (AvgIpc) is 2.56. The minimum absolute atomic E-state index is 0.00154. The second-order valence-electron chi connectivity index (χ2n) is 5.77. The fraction of sp³-hybridized carbons (Fsp3) is 0.692. The third-order valence-electron chi connectivity index (χ3n) is 3.66. The van der Waals surface area contributed by atoms with Gasteiger partial charge in [-0.15, -0.1) is 0 Å². The molecule has 1 saturated heterocycles. The molecule has 5 nitrogen and oxygen atoms in total. The molecule has 1 aliphatic heterocycles. The predicted molar refractivity (Wildman–Crippen MR) is 71.4 cm³/mol. The molecule has 0 aliphatic carbocycles. The Hall–Kier alpha value is -1.36. The molecule has 0 spiro atoms. The van der Waals surface area contributed by atoms with Crippen LogP contribution in [0.3, 0.4) is 0 Å². The molecule has 1 aromatic heterocycles. The van der Waals surface area contributed by atoms with Gasteiger partial charge in [-0.2, -0.15) is 5.10 Å². The third-order valence-corrected chi connectivity index (χ3v) is 3.66. The molecule has 2 heterocycles. The van der Waals surface area contributed by atoms with Crippen molar-refractivity contribution in [3.63, 3.8) is 0 Å². The number of carbonyl (C=O) groups is 1. The molecule has 1 unspecified atom stereocenters. The summed E-state index contributed by atoms with van der Waals surface area (Å²) >= 11 is 0. The highest BCUT2D eigenvalue weighted by Gasteiger charge is 2.37. The molecule has 2 N–H and O–H groups in total. The predicted octanol–water partition coefficient (Wildman–Crippen LogP) is 1.45. The summed E-state index contributed by atoms with van der Waals surface area (Å²) in [7, 11) is 1.85. The van der Waals surface area contributed by atoms with Crippen molar-refractivity contribution in [2.24, 2.45) is 12.5 Å². The highest BCUT2D eigenvalue weighted by atomic mass is 16.2. The molecule has 0 radical (unpaired) electrons. The number of hydrogen-bond donors (Lipinski definition) is 2. The monoisotopic (exact) mass is 250 g/mol. The van der Waals surface area contributed by atoms with Crippen molar-refractivity contribution in [1.82, 2.24) is 15.1 Å². The number of nitrogens with zero attached hydrogens (tertiary/aromatic N) is 2. The summed E-state index contributed by atoms with van der Waals surface area (Å²) in [5, 5.41) is 10.5. The van der Waals surface area contributed by atoms with Gasteiger partial charge in [0.05, 0.1) is 17.4 Å². The molecular weight excluding hydrogens is 228 g/mol. The molecule has 0 bridgehead atoms. The lowest BCUT2D eigenvalue weighted by atomic mass is 9.77. The number of aryl methyl sites for hydroxylation is 2. The fourth-order valence-electron chi connectivity index (χ4n) is 2.59. The van der Waals surface area contributed by atoms with Gasteiger partial charge in [-0.1, -0.05) is 13.8 Å². The fourth-order valence-corrected chi connectivity index (χ4v) is 2.59. The minimum Gasteiger partial charge on any atom is -0.322 e. The zero-order valence-electron chi connectivity index (χ0n) is 11.6. The van der Waals surface area contributed by atoms with Crippen LogP contribution in [0.5, 0.6) is 0 Å². The van der Waals surface area contributed by atoms with Crippen molar-refractivity contribution in [2.45, 2.75) is 39.7 Å². The number of amides is 1. The Balaban J connectivity index is 2.10. The van der Waals surface area contributed by atoms with Crippen LogP contribution in [-0.2, 0) is 11.8 Å². The van der Waals surface area contributed by atoms with Gasteiger partial charge in [0.1, 0.15) is 0 Å². The van der Waals surface area contributed by atoms with E-state index in [2.05, 4.69) is 29.6 Å². The van der Waals surface area contributed by atoms with E-state index in [1.54, 1.807) is 4.68 Å². The van der Waals surface area contributed by atoms with Crippen molar-refractivity contribution < 1.29 is 4.79 Å². The molecule has 0 saturated carbocycles. The smallest absolute Gasteiger partial charge is 0.242 e. The summed E-state index contributed by atoms with van der Waals surface area (Å²) in [4.78, 5) is 12.3. The van der Waals surface area contributed by atoms with Gasteiger partial charge in [0, 0.05) is 13.2 Å². The Bertz CT molecular complexity index is 450. The number of carbonyl (C=O) groups excluding carboxylic acids is 1. The van der Waals surface area contributed by atoms with Crippen LogP contribution in [-0.4, -0.2) is 28.3 Å². The molecule has 100 valence electrons. The van der Waals surface area contributed by atoms with E-state index in [9.17, 15) is 4.79 Å². The number of anilines is 1. The zero-order valence-corrected chi connectivity index (χ0v) is 11.6. The molecule has 1 aromatic rings. The normalized spacial score (nSPS) is 22.8. The second kappa shape index (κ2) is 4.72. The maximum Gasteiger partial charge on any atom is 0.242 e. The van der Waals surface area contributed by atoms with E-state index >= 15 is 0 Å². The molecule has 0 aromatic carbocycles. The molecule has 2 rings (SSSR count). The molecule has 1 aliphatic rings. The van der Waals surface area contributed by atoms with E-state index in [0.29, 0.717) is 0 Å². The Labute approximate surface area is 108 Å². The molecule has 1 fully saturated rings. The summed E-state index contributed by atoms with van der Waals surface area (Å²) in [6, 6.07) is -0.133. The van der Waals surface area contributed by atoms with E-state index in [1.165, 1.54) is 0 Å². The minimum atomic E-state index is -0.133. The van der Waals surface area contributed by atoms with E-state index in [-0.39, 0.29) is 17.4 Å². The van der Waals surface area contributed by atoms with Crippen molar-refractivity contribution >= 4 is 11.6 Å². The maximum atomic E-state index is 12.3. The van der Waals surface area contributed by atoms with Gasteiger partial charge >= 0.3 is 0 Å². The Kier molecular flexibility index (Phi) is 3.43. The number of nitrogens with one attached hydrogen (secondary N) is 2. The summed E-state index contributed by atoms with van der Waals surface area (Å²) in [6.07, 6.45) is 4.04. The van der Waals surface area contributed by atoms with E-state index in [0.717, 1.165) is 30.8 Å². The molecule has 1 amide bonds. The Morgan fingerprint density at radius 1 is 1.61 bits per heavy atom. The molecule has 5 heteroatoms. The van der Waals surface area contributed by atoms with Gasteiger partial charge in [0.2, 0.25) is 5.91 Å². The number of aromatic nitrogens is 2. The highest BCUT2D eigenvalue weighted by Crippen LogP contribution is 2.30. The van der Waals surface area contributed by atoms with Crippen molar-refractivity contribution in [3.8, 4) is 0 Å². The largest absolute Gasteiger partial charge is 0.322 e. The first-order valence-corrected chi connectivity index (χ1v) is 6.44. The first-order chi connectivity index (χ1) is 8.40. The number of rotatable bonds is 2. The molecule has 1 atom stereocenters. The van der Waals surface area contributed by atoms with Gasteiger partial charge in [-0.3, -0.25) is 9.48 Å². The second-order valence-corrected chi connectivity index (χ2v) is 5.77. The topological polar surface area (TPSA) is 59.0 Å². The number of hydrogen-bond acceptors (Lipinski definition) is 3. The van der Waals surface area contributed by atoms with Crippen LogP contribution in [0.2, 0.25) is 0 Å². The van der Waals surface area contributed by atoms with Crippen LogP contribution < -0.4 is 10.6 Å². The standard InChI is InChI=1S/C13H22N4O/c1-9-10(8-17(4)16-9)15-12(18)11-13(2,3)6-5-7-14-11/h8,11,14H,5-7H2,1-4H3,(H,15,18). The van der Waals surface area contributed by atoms with Crippen molar-refractivity contribution in [1.29, 1.82) is 0 Å². The quantitative estimate of drug-likeness (QED) is 0.835. The lowest BCUT2D eigenvalue weighted by Gasteiger charge is -2.38. The van der Waals surface area contributed by atoms with E-state index in [4.69, 9.17) is 0 Å². The average molecular weight is 250 g/mol. The zero-order chi connectivity index (χ0) is 13.3. The molecular formula is C13H22N4O. The lowest BCUT2D eigenvalue weighted by Crippen LogP contribution is -2.53. The van der Waals surface area contributed by atoms with Crippen LogP contribution in [0.15, 0.2) is 6.20 Å². The van der Waals surface area contributed by atoms with Crippen molar-refractivity contribution in [2.75, 3.05) is 11.9 Å². The van der Waals surface area contributed by atoms with Crippen LogP contribution in [0.25, 0.3) is 0 Å². The first-order valence-electron chi connectivity index (χ1n) is 6.44. The Morgan fingerprint density at radius 3 is 2.89 bits per heavy atom.